The molecule has 20 heavy (non-hydrogen) atoms. The third-order valence-corrected chi connectivity index (χ3v) is 3.29. The van der Waals surface area contributed by atoms with Crippen molar-refractivity contribution in [2.24, 2.45) is 0 Å². The molecule has 5 heteroatoms. The summed E-state index contributed by atoms with van der Waals surface area (Å²) in [5.41, 5.74) is 0.923. The maximum Gasteiger partial charge on any atom is 0.269 e. The number of aryl methyl sites for hydroxylation is 2. The van der Waals surface area contributed by atoms with Crippen LogP contribution in [0.2, 0.25) is 10.0 Å². The minimum atomic E-state index is -0.230. The number of nitrogens with zero attached hydrogens (tertiary/aromatic N) is 1. The molecule has 0 aliphatic carbocycles. The maximum atomic E-state index is 11.8. The Morgan fingerprint density at radius 3 is 2.80 bits per heavy atom. The number of aromatic nitrogens is 1. The van der Waals surface area contributed by atoms with E-state index in [4.69, 9.17) is 27.9 Å². The van der Waals surface area contributed by atoms with Crippen molar-refractivity contribution in [3.8, 4) is 5.75 Å². The highest BCUT2D eigenvalue weighted by molar-refractivity contribution is 6.34. The lowest BCUT2D eigenvalue weighted by Crippen LogP contribution is -2.20. The van der Waals surface area contributed by atoms with Gasteiger partial charge < -0.3 is 9.30 Å². The van der Waals surface area contributed by atoms with Crippen molar-refractivity contribution < 1.29 is 4.74 Å². The van der Waals surface area contributed by atoms with E-state index in [0.717, 1.165) is 11.3 Å². The molecule has 0 bridgehead atoms. The first kappa shape index (κ1) is 14.9. The predicted molar refractivity (Wildman–Crippen MR) is 82.0 cm³/mol. The van der Waals surface area contributed by atoms with Crippen LogP contribution in [0.1, 0.15) is 12.0 Å². The van der Waals surface area contributed by atoms with Gasteiger partial charge in [-0.3, -0.25) is 4.79 Å². The van der Waals surface area contributed by atoms with Gasteiger partial charge in [-0.1, -0.05) is 35.3 Å². The molecule has 1 aromatic heterocycles. The molecule has 2 aromatic rings. The zero-order chi connectivity index (χ0) is 14.5. The first-order chi connectivity index (χ1) is 9.56. The summed E-state index contributed by atoms with van der Waals surface area (Å²) in [6.07, 6.45) is 2.28. The van der Waals surface area contributed by atoms with Gasteiger partial charge in [0, 0.05) is 12.7 Å². The molecule has 0 atom stereocenters. The number of hydrogen-bond acceptors (Lipinski definition) is 2. The summed E-state index contributed by atoms with van der Waals surface area (Å²) in [5.74, 6) is 0.835. The molecule has 0 aliphatic heterocycles. The summed E-state index contributed by atoms with van der Waals surface area (Å²) in [6, 6.07) is 9.30. The normalized spacial score (nSPS) is 10.6. The molecule has 106 valence electrons. The number of halogens is 2. The van der Waals surface area contributed by atoms with E-state index < -0.39 is 0 Å². The molecule has 0 amide bonds. The van der Waals surface area contributed by atoms with Crippen LogP contribution in [0.25, 0.3) is 0 Å². The largest absolute Gasteiger partial charge is 0.494 e. The molecular formula is C15H15Cl2NO2. The van der Waals surface area contributed by atoms with E-state index in [1.807, 2.05) is 31.2 Å². The molecule has 0 radical (unpaired) electrons. The number of hydrogen-bond donors (Lipinski definition) is 0. The fourth-order valence-corrected chi connectivity index (χ4v) is 2.37. The highest BCUT2D eigenvalue weighted by Gasteiger charge is 2.03. The Kier molecular flexibility index (Phi) is 5.10. The van der Waals surface area contributed by atoms with Crippen molar-refractivity contribution in [1.29, 1.82) is 0 Å². The third kappa shape index (κ3) is 4.02. The van der Waals surface area contributed by atoms with Gasteiger partial charge in [0.2, 0.25) is 0 Å². The Bertz CT molecular complexity index is 653. The van der Waals surface area contributed by atoms with Crippen LogP contribution in [0.15, 0.2) is 41.3 Å². The average molecular weight is 312 g/mol. The summed E-state index contributed by atoms with van der Waals surface area (Å²) >= 11 is 11.7. The quantitative estimate of drug-likeness (QED) is 0.783. The second-order valence-corrected chi connectivity index (χ2v) is 5.37. The topological polar surface area (TPSA) is 31.2 Å². The van der Waals surface area contributed by atoms with Gasteiger partial charge in [0.15, 0.2) is 0 Å². The Labute approximate surface area is 127 Å². The molecule has 2 rings (SSSR count). The minimum absolute atomic E-state index is 0.136. The summed E-state index contributed by atoms with van der Waals surface area (Å²) in [7, 11) is 0. The number of pyridine rings is 1. The SMILES string of the molecule is Cc1cccc(OCCCn2cc(Cl)cc(Cl)c2=O)c1. The van der Waals surface area contributed by atoms with Crippen molar-refractivity contribution in [2.45, 2.75) is 19.9 Å². The van der Waals surface area contributed by atoms with E-state index in [2.05, 4.69) is 0 Å². The van der Waals surface area contributed by atoms with Crippen LogP contribution in [0.4, 0.5) is 0 Å². The summed E-state index contributed by atoms with van der Waals surface area (Å²) in [5, 5.41) is 0.589. The van der Waals surface area contributed by atoms with Gasteiger partial charge in [-0.05, 0) is 37.1 Å². The van der Waals surface area contributed by atoms with Gasteiger partial charge in [0.25, 0.3) is 5.56 Å². The number of benzene rings is 1. The van der Waals surface area contributed by atoms with Crippen LogP contribution in [-0.2, 0) is 6.54 Å². The van der Waals surface area contributed by atoms with Gasteiger partial charge >= 0.3 is 0 Å². The molecule has 0 saturated carbocycles. The van der Waals surface area contributed by atoms with Crippen LogP contribution >= 0.6 is 23.2 Å². The molecule has 0 N–H and O–H groups in total. The van der Waals surface area contributed by atoms with E-state index in [-0.39, 0.29) is 10.6 Å². The molecule has 3 nitrogen and oxygen atoms in total. The summed E-state index contributed by atoms with van der Waals surface area (Å²) in [6.45, 7) is 3.06. The minimum Gasteiger partial charge on any atom is -0.494 e. The zero-order valence-corrected chi connectivity index (χ0v) is 12.6. The van der Waals surface area contributed by atoms with Crippen molar-refractivity contribution in [3.05, 3.63) is 62.5 Å². The second-order valence-electron chi connectivity index (χ2n) is 4.52. The van der Waals surface area contributed by atoms with Crippen LogP contribution < -0.4 is 10.3 Å². The molecular weight excluding hydrogens is 297 g/mol. The molecule has 0 aliphatic rings. The van der Waals surface area contributed by atoms with Gasteiger partial charge in [-0.25, -0.2) is 0 Å². The van der Waals surface area contributed by atoms with E-state index in [0.29, 0.717) is 24.6 Å². The van der Waals surface area contributed by atoms with E-state index >= 15 is 0 Å². The van der Waals surface area contributed by atoms with Crippen LogP contribution in [-0.4, -0.2) is 11.2 Å². The van der Waals surface area contributed by atoms with Crippen molar-refractivity contribution in [2.75, 3.05) is 6.61 Å². The van der Waals surface area contributed by atoms with E-state index in [1.165, 1.54) is 10.6 Å². The molecule has 0 unspecified atom stereocenters. The Morgan fingerprint density at radius 2 is 2.05 bits per heavy atom. The molecule has 1 heterocycles. The molecule has 0 fully saturated rings. The second kappa shape index (κ2) is 6.82. The van der Waals surface area contributed by atoms with Gasteiger partial charge in [-0.15, -0.1) is 0 Å². The standard InChI is InChI=1S/C15H15Cl2NO2/c1-11-4-2-5-13(8-11)20-7-3-6-18-10-12(16)9-14(17)15(18)19/h2,4-5,8-10H,3,6-7H2,1H3. The third-order valence-electron chi connectivity index (χ3n) is 2.81. The van der Waals surface area contributed by atoms with Crippen LogP contribution in [0, 0.1) is 6.92 Å². The van der Waals surface area contributed by atoms with Gasteiger partial charge in [0.05, 0.1) is 11.6 Å². The maximum absolute atomic E-state index is 11.8. The number of rotatable bonds is 5. The van der Waals surface area contributed by atoms with E-state index in [9.17, 15) is 4.79 Å². The summed E-state index contributed by atoms with van der Waals surface area (Å²) in [4.78, 5) is 11.8. The molecule has 1 aromatic carbocycles. The number of ether oxygens (including phenoxy) is 1. The average Bonchev–Trinajstić information content (AvgIpc) is 2.40. The van der Waals surface area contributed by atoms with Crippen molar-refractivity contribution >= 4 is 23.2 Å². The van der Waals surface area contributed by atoms with Crippen LogP contribution in [0.5, 0.6) is 5.75 Å². The van der Waals surface area contributed by atoms with Crippen molar-refractivity contribution in [3.63, 3.8) is 0 Å². The first-order valence-corrected chi connectivity index (χ1v) is 7.07. The highest BCUT2D eigenvalue weighted by atomic mass is 35.5. The Balaban J connectivity index is 1.89. The van der Waals surface area contributed by atoms with Gasteiger partial charge in [-0.2, -0.15) is 0 Å². The highest BCUT2D eigenvalue weighted by Crippen LogP contribution is 2.13. The summed E-state index contributed by atoms with van der Waals surface area (Å²) < 4.78 is 7.13. The lowest BCUT2D eigenvalue weighted by molar-refractivity contribution is 0.301. The Hall–Kier alpha value is -1.45. The fourth-order valence-electron chi connectivity index (χ4n) is 1.86. The molecule has 0 spiro atoms. The first-order valence-electron chi connectivity index (χ1n) is 6.31. The smallest absolute Gasteiger partial charge is 0.269 e. The Morgan fingerprint density at radius 1 is 1.25 bits per heavy atom. The fraction of sp³-hybridized carbons (Fsp3) is 0.267. The van der Waals surface area contributed by atoms with Crippen molar-refractivity contribution in [1.82, 2.24) is 4.57 Å². The predicted octanol–water partition coefficient (Wildman–Crippen LogP) is 3.93. The lowest BCUT2D eigenvalue weighted by atomic mass is 10.2. The zero-order valence-electron chi connectivity index (χ0n) is 11.1. The monoisotopic (exact) mass is 311 g/mol. The molecule has 0 saturated heterocycles. The van der Waals surface area contributed by atoms with Gasteiger partial charge in [0.1, 0.15) is 10.8 Å². The van der Waals surface area contributed by atoms with Crippen LogP contribution in [0.3, 0.4) is 0 Å². The van der Waals surface area contributed by atoms with E-state index in [1.54, 1.807) is 6.20 Å². The lowest BCUT2D eigenvalue weighted by Gasteiger charge is -2.09.